The number of unbranched alkanes of at least 4 members (excludes halogenated alkanes) is 1. The Bertz CT molecular complexity index is 1730. The first kappa shape index (κ1) is 34.1. The SMILES string of the molecule is N#CCCCC(=O)Cc1c(F)ccc(NC(=O)c2cc(NC(=O)[C@H]3[C@H](c4ccc(F)c(C(F)(F)F)c4)C3(Cl)Cl)ccc2Cl)c1F. The molecule has 1 aliphatic carbocycles. The zero-order valence-electron chi connectivity index (χ0n) is 22.7. The average molecular weight is 691 g/mol. The van der Waals surface area contributed by atoms with Crippen molar-refractivity contribution in [2.45, 2.75) is 42.1 Å². The number of carbonyl (C=O) groups is 3. The van der Waals surface area contributed by atoms with Gasteiger partial charge in [0.05, 0.1) is 33.8 Å². The van der Waals surface area contributed by atoms with Crippen molar-refractivity contribution in [1.29, 1.82) is 5.26 Å². The predicted octanol–water partition coefficient (Wildman–Crippen LogP) is 8.36. The molecule has 2 N–H and O–H groups in total. The van der Waals surface area contributed by atoms with Gasteiger partial charge in [0.2, 0.25) is 5.91 Å². The van der Waals surface area contributed by atoms with Gasteiger partial charge in [-0.05, 0) is 54.4 Å². The first-order chi connectivity index (χ1) is 21.1. The van der Waals surface area contributed by atoms with Gasteiger partial charge in [0.25, 0.3) is 5.91 Å². The molecule has 236 valence electrons. The molecule has 0 unspecified atom stereocenters. The van der Waals surface area contributed by atoms with Crippen LogP contribution in [0.1, 0.15) is 52.2 Å². The van der Waals surface area contributed by atoms with Crippen LogP contribution < -0.4 is 10.6 Å². The molecule has 45 heavy (non-hydrogen) atoms. The number of halogens is 9. The molecule has 0 aliphatic heterocycles. The lowest BCUT2D eigenvalue weighted by molar-refractivity contribution is -0.140. The maximum Gasteiger partial charge on any atom is 0.419 e. The maximum atomic E-state index is 15.1. The number of alkyl halides is 5. The molecule has 0 bridgehead atoms. The molecule has 0 radical (unpaired) electrons. The molecule has 3 aromatic carbocycles. The van der Waals surface area contributed by atoms with Crippen LogP contribution in [-0.2, 0) is 22.2 Å². The Morgan fingerprint density at radius 3 is 2.31 bits per heavy atom. The minimum Gasteiger partial charge on any atom is -0.326 e. The molecule has 0 spiro atoms. The molecule has 2 amide bonds. The van der Waals surface area contributed by atoms with E-state index in [1.165, 1.54) is 12.1 Å². The standard InChI is InChI=1S/C30H20Cl3F6N3O3/c31-20-6-5-15(41-28(45)25-24(29(25,32)33)14-4-7-22(35)19(11-14)30(37,38)39)12-17(20)27(44)42-23-9-8-21(34)18(26(23)36)13-16(43)3-1-2-10-40/h4-9,11-12,24-25H,1-3,13H2,(H,41,45)(H,42,44)/t24-,25+/m0/s1. The lowest BCUT2D eigenvalue weighted by Crippen LogP contribution is -2.19. The van der Waals surface area contributed by atoms with Gasteiger partial charge in [0.1, 0.15) is 21.8 Å². The van der Waals surface area contributed by atoms with Crippen LogP contribution >= 0.6 is 34.8 Å². The van der Waals surface area contributed by atoms with Crippen molar-refractivity contribution in [3.63, 3.8) is 0 Å². The molecule has 1 saturated carbocycles. The van der Waals surface area contributed by atoms with Gasteiger partial charge in [0.15, 0.2) is 5.82 Å². The van der Waals surface area contributed by atoms with Crippen LogP contribution in [0.5, 0.6) is 0 Å². The largest absolute Gasteiger partial charge is 0.419 e. The van der Waals surface area contributed by atoms with Gasteiger partial charge in [-0.25, -0.2) is 13.2 Å². The summed E-state index contributed by atoms with van der Waals surface area (Å²) in [5.74, 6) is -8.38. The number of hydrogen-bond acceptors (Lipinski definition) is 4. The Morgan fingerprint density at radius 1 is 0.956 bits per heavy atom. The van der Waals surface area contributed by atoms with E-state index in [9.17, 15) is 36.3 Å². The fraction of sp³-hybridized carbons (Fsp3) is 0.267. The Hall–Kier alpha value is -3.79. The Kier molecular flexibility index (Phi) is 10.1. The molecular formula is C30H20Cl3F6N3O3. The highest BCUT2D eigenvalue weighted by atomic mass is 35.5. The van der Waals surface area contributed by atoms with Crippen LogP contribution in [0.15, 0.2) is 48.5 Å². The third-order valence-electron chi connectivity index (χ3n) is 7.02. The second-order valence-electron chi connectivity index (χ2n) is 10.1. The van der Waals surface area contributed by atoms with Gasteiger partial charge in [0, 0.05) is 36.4 Å². The predicted molar refractivity (Wildman–Crippen MR) is 155 cm³/mol. The Morgan fingerprint density at radius 2 is 1.64 bits per heavy atom. The highest BCUT2D eigenvalue weighted by Gasteiger charge is 2.67. The van der Waals surface area contributed by atoms with E-state index in [1.807, 2.05) is 6.07 Å². The minimum absolute atomic E-state index is 0.0114. The van der Waals surface area contributed by atoms with Gasteiger partial charge < -0.3 is 10.6 Å². The van der Waals surface area contributed by atoms with Crippen molar-refractivity contribution in [3.8, 4) is 6.07 Å². The number of ketones is 1. The summed E-state index contributed by atoms with van der Waals surface area (Å²) < 4.78 is 80.9. The second-order valence-corrected chi connectivity index (χ2v) is 12.0. The second kappa shape index (κ2) is 13.3. The van der Waals surface area contributed by atoms with E-state index in [0.29, 0.717) is 12.1 Å². The van der Waals surface area contributed by atoms with Crippen molar-refractivity contribution in [2.24, 2.45) is 5.92 Å². The topological polar surface area (TPSA) is 99.1 Å². The first-order valence-electron chi connectivity index (χ1n) is 13.1. The number of hydrogen-bond donors (Lipinski definition) is 2. The number of amides is 2. The molecule has 0 aromatic heterocycles. The number of benzene rings is 3. The quantitative estimate of drug-likeness (QED) is 0.127. The summed E-state index contributed by atoms with van der Waals surface area (Å²) in [6.45, 7) is 0. The number of nitriles is 1. The van der Waals surface area contributed by atoms with Crippen molar-refractivity contribution >= 4 is 63.8 Å². The lowest BCUT2D eigenvalue weighted by atomic mass is 10.0. The normalized spacial score (nSPS) is 16.9. The van der Waals surface area contributed by atoms with E-state index in [0.717, 1.165) is 24.3 Å². The zero-order chi connectivity index (χ0) is 33.3. The van der Waals surface area contributed by atoms with E-state index in [1.54, 1.807) is 0 Å². The van der Waals surface area contributed by atoms with Crippen LogP contribution in [-0.4, -0.2) is 21.9 Å². The number of nitrogens with one attached hydrogen (secondary N) is 2. The molecule has 0 saturated heterocycles. The molecule has 6 nitrogen and oxygen atoms in total. The molecule has 4 rings (SSSR count). The smallest absolute Gasteiger partial charge is 0.326 e. The number of carbonyl (C=O) groups excluding carboxylic acids is 3. The summed E-state index contributed by atoms with van der Waals surface area (Å²) in [6.07, 6.45) is -5.34. The molecule has 15 heteroatoms. The van der Waals surface area contributed by atoms with Crippen molar-refractivity contribution < 1.29 is 40.7 Å². The van der Waals surface area contributed by atoms with Gasteiger partial charge >= 0.3 is 6.18 Å². The fourth-order valence-electron chi connectivity index (χ4n) is 4.71. The van der Waals surface area contributed by atoms with Crippen molar-refractivity contribution in [1.82, 2.24) is 0 Å². The summed E-state index contributed by atoms with van der Waals surface area (Å²) in [4.78, 5) is 38.2. The van der Waals surface area contributed by atoms with Gasteiger partial charge in [-0.15, -0.1) is 23.2 Å². The molecule has 1 fully saturated rings. The first-order valence-corrected chi connectivity index (χ1v) is 14.2. The molecule has 0 heterocycles. The highest BCUT2D eigenvalue weighted by molar-refractivity contribution is 6.53. The van der Waals surface area contributed by atoms with Gasteiger partial charge in [-0.3, -0.25) is 14.4 Å². The third kappa shape index (κ3) is 7.54. The third-order valence-corrected chi connectivity index (χ3v) is 8.29. The number of anilines is 2. The van der Waals surface area contributed by atoms with Crippen LogP contribution in [0.3, 0.4) is 0 Å². The summed E-state index contributed by atoms with van der Waals surface area (Å²) >= 11 is 18.6. The van der Waals surface area contributed by atoms with E-state index >= 15 is 4.39 Å². The summed E-state index contributed by atoms with van der Waals surface area (Å²) in [6, 6.07) is 9.49. The van der Waals surface area contributed by atoms with E-state index in [2.05, 4.69) is 10.6 Å². The number of rotatable bonds is 10. The molecule has 3 aromatic rings. The van der Waals surface area contributed by atoms with Gasteiger partial charge in [-0.1, -0.05) is 17.7 Å². The molecule has 2 atom stereocenters. The van der Waals surface area contributed by atoms with Gasteiger partial charge in [-0.2, -0.15) is 18.4 Å². The Labute approximate surface area is 267 Å². The maximum absolute atomic E-state index is 15.1. The van der Waals surface area contributed by atoms with Crippen LogP contribution in [0, 0.1) is 34.7 Å². The average Bonchev–Trinajstić information content (AvgIpc) is 3.55. The van der Waals surface area contributed by atoms with E-state index in [-0.39, 0.29) is 41.1 Å². The molecular weight excluding hydrogens is 671 g/mol. The molecule has 1 aliphatic rings. The van der Waals surface area contributed by atoms with Crippen LogP contribution in [0.2, 0.25) is 5.02 Å². The van der Waals surface area contributed by atoms with Crippen molar-refractivity contribution in [2.75, 3.05) is 10.6 Å². The lowest BCUT2D eigenvalue weighted by Gasteiger charge is -2.13. The summed E-state index contributed by atoms with van der Waals surface area (Å²) in [5.41, 5.74) is -2.96. The summed E-state index contributed by atoms with van der Waals surface area (Å²) in [7, 11) is 0. The summed E-state index contributed by atoms with van der Waals surface area (Å²) in [5, 5.41) is 13.2. The van der Waals surface area contributed by atoms with Crippen molar-refractivity contribution in [3.05, 3.63) is 93.3 Å². The van der Waals surface area contributed by atoms with Crippen LogP contribution in [0.4, 0.5) is 37.7 Å². The Balaban J connectivity index is 1.50. The minimum atomic E-state index is -5.00. The van der Waals surface area contributed by atoms with E-state index < -0.39 is 80.6 Å². The monoisotopic (exact) mass is 689 g/mol. The van der Waals surface area contributed by atoms with Crippen LogP contribution in [0.25, 0.3) is 0 Å². The number of Topliss-reactive ketones (excluding diaryl/α,β-unsaturated/α-hetero) is 1. The van der Waals surface area contributed by atoms with E-state index in [4.69, 9.17) is 40.1 Å². The number of nitrogens with zero attached hydrogens (tertiary/aromatic N) is 1. The fourth-order valence-corrected chi connectivity index (χ4v) is 5.75. The zero-order valence-corrected chi connectivity index (χ0v) is 24.9. The highest BCUT2D eigenvalue weighted by Crippen LogP contribution is 2.65.